The number of amides is 1. The van der Waals surface area contributed by atoms with Gasteiger partial charge in [0.1, 0.15) is 5.54 Å². The fraction of sp³-hybridized carbons (Fsp3) is 0.417. The van der Waals surface area contributed by atoms with Crippen LogP contribution in [0.3, 0.4) is 0 Å². The molecule has 0 unspecified atom stereocenters. The molecule has 0 aliphatic rings. The number of nitrogens with zero attached hydrogens (tertiary/aromatic N) is 2. The second-order valence-electron chi connectivity index (χ2n) is 4.32. The number of methoxy groups -OCH3 is 1. The fourth-order valence-corrected chi connectivity index (χ4v) is 1.22. The molecule has 0 fully saturated rings. The highest BCUT2D eigenvalue weighted by atomic mass is 16.5. The van der Waals surface area contributed by atoms with Crippen LogP contribution in [0.2, 0.25) is 0 Å². The zero-order chi connectivity index (χ0) is 13.9. The van der Waals surface area contributed by atoms with E-state index in [0.29, 0.717) is 11.4 Å². The van der Waals surface area contributed by atoms with Gasteiger partial charge in [0.2, 0.25) is 5.88 Å². The number of aromatic nitrogens is 1. The smallest absolute Gasteiger partial charge is 0.329 e. The topological polar surface area (TPSA) is 79.7 Å². The minimum absolute atomic E-state index is 0.313. The Morgan fingerprint density at radius 2 is 2.00 bits per heavy atom. The summed E-state index contributed by atoms with van der Waals surface area (Å²) in [4.78, 5) is 28.2. The molecule has 6 heteroatoms. The minimum Gasteiger partial charge on any atom is -0.481 e. The highest BCUT2D eigenvalue weighted by Crippen LogP contribution is 2.17. The van der Waals surface area contributed by atoms with Crippen molar-refractivity contribution in [2.45, 2.75) is 19.4 Å². The first-order chi connectivity index (χ1) is 8.30. The van der Waals surface area contributed by atoms with Crippen molar-refractivity contribution in [2.24, 2.45) is 0 Å². The third kappa shape index (κ3) is 2.58. The first-order valence-corrected chi connectivity index (χ1v) is 5.32. The van der Waals surface area contributed by atoms with Crippen LogP contribution in [0, 0.1) is 0 Å². The summed E-state index contributed by atoms with van der Waals surface area (Å²) >= 11 is 0. The third-order valence-electron chi connectivity index (χ3n) is 2.86. The Bertz CT molecular complexity index is 454. The molecule has 0 saturated carbocycles. The number of pyridine rings is 1. The Kier molecular flexibility index (Phi) is 3.90. The maximum Gasteiger partial charge on any atom is 0.329 e. The number of hydrogen-bond donors (Lipinski definition) is 1. The highest BCUT2D eigenvalue weighted by Gasteiger charge is 2.35. The van der Waals surface area contributed by atoms with E-state index in [4.69, 9.17) is 9.84 Å². The van der Waals surface area contributed by atoms with Crippen LogP contribution in [-0.2, 0) is 4.79 Å². The van der Waals surface area contributed by atoms with Crippen molar-refractivity contribution in [2.75, 3.05) is 14.2 Å². The van der Waals surface area contributed by atoms with E-state index < -0.39 is 17.4 Å². The van der Waals surface area contributed by atoms with Crippen molar-refractivity contribution in [1.82, 2.24) is 9.88 Å². The zero-order valence-corrected chi connectivity index (χ0v) is 10.8. The Balaban J connectivity index is 2.96. The van der Waals surface area contributed by atoms with E-state index in [1.54, 1.807) is 12.1 Å². The Morgan fingerprint density at radius 3 is 2.39 bits per heavy atom. The number of aliphatic carboxylic acids is 1. The zero-order valence-electron chi connectivity index (χ0n) is 10.8. The molecule has 6 nitrogen and oxygen atoms in total. The van der Waals surface area contributed by atoms with E-state index in [1.807, 2.05) is 0 Å². The second-order valence-corrected chi connectivity index (χ2v) is 4.32. The highest BCUT2D eigenvalue weighted by molar-refractivity contribution is 5.97. The summed E-state index contributed by atoms with van der Waals surface area (Å²) in [6.07, 6.45) is 1.36. The van der Waals surface area contributed by atoms with Crippen LogP contribution in [0.5, 0.6) is 5.88 Å². The molecule has 1 aromatic heterocycles. The summed E-state index contributed by atoms with van der Waals surface area (Å²) in [5.41, 5.74) is -0.968. The largest absolute Gasteiger partial charge is 0.481 e. The normalized spacial score (nSPS) is 10.9. The van der Waals surface area contributed by atoms with Gasteiger partial charge in [0.25, 0.3) is 5.91 Å². The molecule has 98 valence electrons. The van der Waals surface area contributed by atoms with Gasteiger partial charge in [-0.05, 0) is 19.9 Å². The van der Waals surface area contributed by atoms with Gasteiger partial charge in [-0.2, -0.15) is 0 Å². The molecule has 1 heterocycles. The summed E-state index contributed by atoms with van der Waals surface area (Å²) in [6.45, 7) is 2.92. The lowest BCUT2D eigenvalue weighted by Gasteiger charge is -2.31. The number of carbonyl (C=O) groups is 2. The van der Waals surface area contributed by atoms with Gasteiger partial charge in [-0.3, -0.25) is 4.79 Å². The molecular formula is C12H16N2O4. The molecule has 0 atom stereocenters. The van der Waals surface area contributed by atoms with Gasteiger partial charge in [-0.1, -0.05) is 0 Å². The molecule has 18 heavy (non-hydrogen) atoms. The van der Waals surface area contributed by atoms with E-state index in [2.05, 4.69) is 4.98 Å². The molecule has 0 bridgehead atoms. The molecule has 0 aromatic carbocycles. The van der Waals surface area contributed by atoms with Crippen LogP contribution in [-0.4, -0.2) is 46.6 Å². The Labute approximate surface area is 105 Å². The minimum atomic E-state index is -1.28. The second kappa shape index (κ2) is 5.03. The number of carbonyl (C=O) groups excluding carboxylic acids is 1. The van der Waals surface area contributed by atoms with Crippen LogP contribution in [0.1, 0.15) is 24.2 Å². The standard InChI is InChI=1S/C12H16N2O4/c1-12(2,11(16)17)14(3)10(15)8-5-6-9(18-4)13-7-8/h5-7H,1-4H3,(H,16,17). The summed E-state index contributed by atoms with van der Waals surface area (Å²) in [7, 11) is 2.92. The molecule has 1 amide bonds. The van der Waals surface area contributed by atoms with Crippen molar-refractivity contribution in [3.8, 4) is 5.88 Å². The average molecular weight is 252 g/mol. The fourth-order valence-electron chi connectivity index (χ4n) is 1.22. The molecule has 1 N–H and O–H groups in total. The molecular weight excluding hydrogens is 236 g/mol. The predicted octanol–water partition coefficient (Wildman–Crippen LogP) is 1.03. The molecule has 1 aromatic rings. The molecule has 0 radical (unpaired) electrons. The van der Waals surface area contributed by atoms with Gasteiger partial charge in [0.05, 0.1) is 12.7 Å². The number of hydrogen-bond acceptors (Lipinski definition) is 4. The lowest BCUT2D eigenvalue weighted by atomic mass is 10.0. The number of carboxylic acids is 1. The lowest BCUT2D eigenvalue weighted by molar-refractivity contribution is -0.147. The van der Waals surface area contributed by atoms with Crippen molar-refractivity contribution < 1.29 is 19.4 Å². The van der Waals surface area contributed by atoms with Gasteiger partial charge >= 0.3 is 5.97 Å². The third-order valence-corrected chi connectivity index (χ3v) is 2.86. The van der Waals surface area contributed by atoms with Crippen molar-refractivity contribution in [3.05, 3.63) is 23.9 Å². The number of likely N-dealkylation sites (N-methyl/N-ethyl adjacent to an activating group) is 1. The van der Waals surface area contributed by atoms with Gasteiger partial charge in [0, 0.05) is 19.3 Å². The number of ether oxygens (including phenoxy) is 1. The van der Waals surface area contributed by atoms with Crippen LogP contribution >= 0.6 is 0 Å². The van der Waals surface area contributed by atoms with E-state index in [-0.39, 0.29) is 0 Å². The summed E-state index contributed by atoms with van der Waals surface area (Å²) in [5, 5.41) is 9.06. The summed E-state index contributed by atoms with van der Waals surface area (Å²) < 4.78 is 4.88. The van der Waals surface area contributed by atoms with E-state index >= 15 is 0 Å². The van der Waals surface area contributed by atoms with E-state index in [1.165, 1.54) is 39.1 Å². The number of carboxylic acid groups (broad SMARTS) is 1. The maximum absolute atomic E-state index is 12.1. The summed E-state index contributed by atoms with van der Waals surface area (Å²) in [6, 6.07) is 3.09. The molecule has 0 saturated heterocycles. The molecule has 1 rings (SSSR count). The first kappa shape index (κ1) is 14.0. The van der Waals surface area contributed by atoms with Crippen LogP contribution in [0.15, 0.2) is 18.3 Å². The van der Waals surface area contributed by atoms with E-state index in [0.717, 1.165) is 0 Å². The average Bonchev–Trinajstić information content (AvgIpc) is 2.36. The van der Waals surface area contributed by atoms with Crippen LogP contribution in [0.25, 0.3) is 0 Å². The monoisotopic (exact) mass is 252 g/mol. The summed E-state index contributed by atoms with van der Waals surface area (Å²) in [5.74, 6) is -1.08. The lowest BCUT2D eigenvalue weighted by Crippen LogP contribution is -2.50. The van der Waals surface area contributed by atoms with Crippen LogP contribution in [0.4, 0.5) is 0 Å². The van der Waals surface area contributed by atoms with Gasteiger partial charge in [-0.25, -0.2) is 9.78 Å². The molecule has 0 aliphatic carbocycles. The molecule has 0 aliphatic heterocycles. The van der Waals surface area contributed by atoms with Crippen molar-refractivity contribution in [3.63, 3.8) is 0 Å². The van der Waals surface area contributed by atoms with E-state index in [9.17, 15) is 9.59 Å². The Morgan fingerprint density at radius 1 is 1.39 bits per heavy atom. The maximum atomic E-state index is 12.1. The predicted molar refractivity (Wildman–Crippen MR) is 64.6 cm³/mol. The van der Waals surface area contributed by atoms with Crippen molar-refractivity contribution >= 4 is 11.9 Å². The molecule has 0 spiro atoms. The quantitative estimate of drug-likeness (QED) is 0.865. The SMILES string of the molecule is COc1ccc(C(=O)N(C)C(C)(C)C(=O)O)cn1. The van der Waals surface area contributed by atoms with Gasteiger partial charge < -0.3 is 14.7 Å². The number of rotatable bonds is 4. The first-order valence-electron chi connectivity index (χ1n) is 5.32. The van der Waals surface area contributed by atoms with Crippen molar-refractivity contribution in [1.29, 1.82) is 0 Å². The van der Waals surface area contributed by atoms with Crippen LogP contribution < -0.4 is 4.74 Å². The Hall–Kier alpha value is -2.11. The van der Waals surface area contributed by atoms with Gasteiger partial charge in [0.15, 0.2) is 0 Å². The van der Waals surface area contributed by atoms with Gasteiger partial charge in [-0.15, -0.1) is 0 Å².